The van der Waals surface area contributed by atoms with E-state index in [-0.39, 0.29) is 11.9 Å². The maximum atomic E-state index is 11.7. The van der Waals surface area contributed by atoms with Crippen LogP contribution in [0.25, 0.3) is 0 Å². The Kier molecular flexibility index (Phi) is 5.31. The first-order valence-corrected chi connectivity index (χ1v) is 5.89. The van der Waals surface area contributed by atoms with Crippen molar-refractivity contribution >= 4 is 11.9 Å². The largest absolute Gasteiger partial charge is 0.353 e. The molecule has 0 fully saturated rings. The molecule has 1 heterocycles. The Morgan fingerprint density at radius 1 is 1.42 bits per heavy atom. The molecule has 106 valence electrons. The number of carbonyl (C=O) groups excluding carboxylic acids is 2. The molecule has 1 aromatic rings. The molecule has 0 aliphatic carbocycles. The summed E-state index contributed by atoms with van der Waals surface area (Å²) in [6.07, 6.45) is 3.25. The molecule has 0 saturated heterocycles. The van der Waals surface area contributed by atoms with E-state index < -0.39 is 6.04 Å². The summed E-state index contributed by atoms with van der Waals surface area (Å²) >= 11 is 0. The fourth-order valence-electron chi connectivity index (χ4n) is 1.38. The van der Waals surface area contributed by atoms with E-state index in [1.54, 1.807) is 38.2 Å². The predicted octanol–water partition coefficient (Wildman–Crippen LogP) is -1.19. The first-order chi connectivity index (χ1) is 8.91. The zero-order chi connectivity index (χ0) is 14.4. The summed E-state index contributed by atoms with van der Waals surface area (Å²) in [6.45, 7) is 0.675. The van der Waals surface area contributed by atoms with Crippen LogP contribution in [0.3, 0.4) is 0 Å². The normalized spacial score (nSPS) is 11.8. The number of nitrogens with zero attached hydrogens (tertiary/aromatic N) is 3. The van der Waals surface area contributed by atoms with Gasteiger partial charge in [-0.1, -0.05) is 0 Å². The number of aromatic nitrogens is 2. The van der Waals surface area contributed by atoms with Gasteiger partial charge < -0.3 is 21.3 Å². The standard InChI is InChI=1S/C11H20N6O2/c1-16(2)11(19)14-5-4-13-10(18)9(12)8-6-15-17(3)7-8/h6-7,9H,4-5,12H2,1-3H3,(H,13,18)(H,14,19). The quantitative estimate of drug-likeness (QED) is 0.584. The summed E-state index contributed by atoms with van der Waals surface area (Å²) in [5.41, 5.74) is 6.43. The summed E-state index contributed by atoms with van der Waals surface area (Å²) in [5, 5.41) is 9.24. The lowest BCUT2D eigenvalue weighted by molar-refractivity contribution is -0.122. The van der Waals surface area contributed by atoms with E-state index in [2.05, 4.69) is 15.7 Å². The van der Waals surface area contributed by atoms with Gasteiger partial charge in [0.05, 0.1) is 6.20 Å². The second kappa shape index (κ2) is 6.74. The Bertz CT molecular complexity index is 442. The van der Waals surface area contributed by atoms with Gasteiger partial charge in [0.15, 0.2) is 0 Å². The Labute approximate surface area is 111 Å². The van der Waals surface area contributed by atoms with Gasteiger partial charge in [-0.05, 0) is 0 Å². The molecule has 0 bridgehead atoms. The van der Waals surface area contributed by atoms with Crippen LogP contribution in [0.5, 0.6) is 0 Å². The summed E-state index contributed by atoms with van der Waals surface area (Å²) in [4.78, 5) is 24.4. The lowest BCUT2D eigenvalue weighted by atomic mass is 10.1. The molecule has 1 aromatic heterocycles. The minimum absolute atomic E-state index is 0.203. The van der Waals surface area contributed by atoms with Crippen LogP contribution in [0.15, 0.2) is 12.4 Å². The molecule has 0 spiro atoms. The van der Waals surface area contributed by atoms with Crippen molar-refractivity contribution in [2.24, 2.45) is 12.8 Å². The van der Waals surface area contributed by atoms with Gasteiger partial charge in [0, 0.05) is 46.0 Å². The Hall–Kier alpha value is -2.09. The topological polar surface area (TPSA) is 105 Å². The third-order valence-electron chi connectivity index (χ3n) is 2.47. The van der Waals surface area contributed by atoms with E-state index in [1.807, 2.05) is 0 Å². The van der Waals surface area contributed by atoms with Crippen LogP contribution in [0, 0.1) is 0 Å². The lowest BCUT2D eigenvalue weighted by Gasteiger charge is -2.13. The number of carbonyl (C=O) groups is 2. The summed E-state index contributed by atoms with van der Waals surface area (Å²) in [6, 6.07) is -0.955. The molecule has 8 nitrogen and oxygen atoms in total. The molecule has 1 rings (SSSR count). The minimum Gasteiger partial charge on any atom is -0.353 e. The number of amides is 3. The van der Waals surface area contributed by atoms with Gasteiger partial charge in [-0.15, -0.1) is 0 Å². The maximum absolute atomic E-state index is 11.7. The second-order valence-electron chi connectivity index (χ2n) is 4.34. The number of hydrogen-bond acceptors (Lipinski definition) is 4. The van der Waals surface area contributed by atoms with Crippen molar-refractivity contribution in [2.75, 3.05) is 27.2 Å². The van der Waals surface area contributed by atoms with Crippen LogP contribution in [-0.4, -0.2) is 53.8 Å². The highest BCUT2D eigenvalue weighted by atomic mass is 16.2. The van der Waals surface area contributed by atoms with Crippen LogP contribution >= 0.6 is 0 Å². The van der Waals surface area contributed by atoms with Gasteiger partial charge in [0.2, 0.25) is 5.91 Å². The van der Waals surface area contributed by atoms with E-state index in [9.17, 15) is 9.59 Å². The molecule has 4 N–H and O–H groups in total. The smallest absolute Gasteiger partial charge is 0.316 e. The third kappa shape index (κ3) is 4.59. The van der Waals surface area contributed by atoms with Crippen molar-refractivity contribution in [2.45, 2.75) is 6.04 Å². The van der Waals surface area contributed by atoms with Gasteiger partial charge in [-0.25, -0.2) is 4.79 Å². The van der Waals surface area contributed by atoms with Crippen LogP contribution < -0.4 is 16.4 Å². The SMILES string of the molecule is CN(C)C(=O)NCCNC(=O)C(N)c1cnn(C)c1. The number of nitrogens with one attached hydrogen (secondary N) is 2. The zero-order valence-corrected chi connectivity index (χ0v) is 11.4. The highest BCUT2D eigenvalue weighted by molar-refractivity contribution is 5.82. The molecule has 0 aliphatic rings. The first kappa shape index (κ1) is 15.0. The molecule has 0 aromatic carbocycles. The van der Waals surface area contributed by atoms with Crippen LogP contribution in [-0.2, 0) is 11.8 Å². The number of nitrogens with two attached hydrogens (primary N) is 1. The van der Waals surface area contributed by atoms with Gasteiger partial charge >= 0.3 is 6.03 Å². The fraction of sp³-hybridized carbons (Fsp3) is 0.545. The molecule has 19 heavy (non-hydrogen) atoms. The molecule has 8 heteroatoms. The van der Waals surface area contributed by atoms with Gasteiger partial charge in [0.25, 0.3) is 0 Å². The molecule has 1 atom stereocenters. The van der Waals surface area contributed by atoms with Crippen molar-refractivity contribution in [1.82, 2.24) is 25.3 Å². The summed E-state index contributed by atoms with van der Waals surface area (Å²) < 4.78 is 1.58. The summed E-state index contributed by atoms with van der Waals surface area (Å²) in [7, 11) is 5.05. The lowest BCUT2D eigenvalue weighted by Crippen LogP contribution is -2.41. The number of hydrogen-bond donors (Lipinski definition) is 3. The summed E-state index contributed by atoms with van der Waals surface area (Å²) in [5.74, 6) is -0.299. The number of urea groups is 1. The minimum atomic E-state index is -0.752. The average Bonchev–Trinajstić information content (AvgIpc) is 2.79. The van der Waals surface area contributed by atoms with E-state index >= 15 is 0 Å². The van der Waals surface area contributed by atoms with Gasteiger partial charge in [0.1, 0.15) is 6.04 Å². The van der Waals surface area contributed by atoms with Crippen LogP contribution in [0.4, 0.5) is 4.79 Å². The van der Waals surface area contributed by atoms with Crippen molar-refractivity contribution in [3.05, 3.63) is 18.0 Å². The zero-order valence-electron chi connectivity index (χ0n) is 11.4. The monoisotopic (exact) mass is 268 g/mol. The third-order valence-corrected chi connectivity index (χ3v) is 2.47. The molecule has 1 unspecified atom stereocenters. The first-order valence-electron chi connectivity index (χ1n) is 5.89. The highest BCUT2D eigenvalue weighted by Gasteiger charge is 2.16. The van der Waals surface area contributed by atoms with Crippen molar-refractivity contribution in [1.29, 1.82) is 0 Å². The average molecular weight is 268 g/mol. The maximum Gasteiger partial charge on any atom is 0.316 e. The molecule has 0 aliphatic heterocycles. The number of aryl methyl sites for hydroxylation is 1. The molecular formula is C11H20N6O2. The fourth-order valence-corrected chi connectivity index (χ4v) is 1.38. The van der Waals surface area contributed by atoms with Crippen molar-refractivity contribution in [3.8, 4) is 0 Å². The van der Waals surface area contributed by atoms with Crippen LogP contribution in [0.2, 0.25) is 0 Å². The Morgan fingerprint density at radius 2 is 2.05 bits per heavy atom. The Balaban J connectivity index is 2.30. The van der Waals surface area contributed by atoms with Gasteiger partial charge in [-0.3, -0.25) is 9.48 Å². The van der Waals surface area contributed by atoms with E-state index in [4.69, 9.17) is 5.73 Å². The highest BCUT2D eigenvalue weighted by Crippen LogP contribution is 2.07. The Morgan fingerprint density at radius 3 is 2.58 bits per heavy atom. The molecule has 3 amide bonds. The molecule has 0 saturated carbocycles. The molecular weight excluding hydrogens is 248 g/mol. The second-order valence-corrected chi connectivity index (χ2v) is 4.34. The number of rotatable bonds is 5. The van der Waals surface area contributed by atoms with E-state index in [0.717, 1.165) is 0 Å². The van der Waals surface area contributed by atoms with Crippen molar-refractivity contribution < 1.29 is 9.59 Å². The predicted molar refractivity (Wildman–Crippen MR) is 70.2 cm³/mol. The van der Waals surface area contributed by atoms with Crippen LogP contribution in [0.1, 0.15) is 11.6 Å². The van der Waals surface area contributed by atoms with E-state index in [0.29, 0.717) is 18.7 Å². The molecule has 0 radical (unpaired) electrons. The van der Waals surface area contributed by atoms with Gasteiger partial charge in [-0.2, -0.15) is 5.10 Å². The van der Waals surface area contributed by atoms with E-state index in [1.165, 1.54) is 4.90 Å². The van der Waals surface area contributed by atoms with Crippen molar-refractivity contribution in [3.63, 3.8) is 0 Å².